The molecule has 2 aliphatic heterocycles. The van der Waals surface area contributed by atoms with Crippen LogP contribution < -0.4 is 0 Å². The molecule has 0 radical (unpaired) electrons. The summed E-state index contributed by atoms with van der Waals surface area (Å²) in [5.74, 6) is 0.0297. The highest BCUT2D eigenvalue weighted by atomic mass is 32.2. The van der Waals surface area contributed by atoms with E-state index in [9.17, 15) is 4.79 Å². The molecule has 1 aromatic heterocycles. The summed E-state index contributed by atoms with van der Waals surface area (Å²) < 4.78 is 0.659. The fourth-order valence-corrected chi connectivity index (χ4v) is 5.01. The molecular weight excluding hydrogens is 356 g/mol. The van der Waals surface area contributed by atoms with E-state index >= 15 is 0 Å². The quantitative estimate of drug-likeness (QED) is 0.546. The zero-order valence-corrected chi connectivity index (χ0v) is 16.2. The maximum absolute atomic E-state index is 12.6. The predicted octanol–water partition coefficient (Wildman–Crippen LogP) is 4.73. The van der Waals surface area contributed by atoms with Crippen LogP contribution >= 0.6 is 35.3 Å². The van der Waals surface area contributed by atoms with Crippen LogP contribution in [-0.2, 0) is 4.79 Å². The molecule has 1 aromatic rings. The van der Waals surface area contributed by atoms with E-state index in [4.69, 9.17) is 12.2 Å². The van der Waals surface area contributed by atoms with Gasteiger partial charge in [0, 0.05) is 36.6 Å². The van der Waals surface area contributed by atoms with Crippen LogP contribution in [0.25, 0.3) is 6.08 Å². The van der Waals surface area contributed by atoms with E-state index in [0.717, 1.165) is 35.0 Å². The van der Waals surface area contributed by atoms with E-state index < -0.39 is 0 Å². The Bertz CT molecular complexity index is 643. The third kappa shape index (κ3) is 4.29. The van der Waals surface area contributed by atoms with Gasteiger partial charge in [0.2, 0.25) is 0 Å². The van der Waals surface area contributed by atoms with Gasteiger partial charge in [0.15, 0.2) is 0 Å². The third-order valence-corrected chi connectivity index (χ3v) is 6.56. The average molecular weight is 379 g/mol. The number of thiophene rings is 1. The molecule has 24 heavy (non-hydrogen) atoms. The molecule has 3 rings (SSSR count). The molecule has 0 saturated carbocycles. The van der Waals surface area contributed by atoms with Crippen molar-refractivity contribution in [3.05, 3.63) is 39.6 Å². The number of hydrogen-bond donors (Lipinski definition) is 0. The van der Waals surface area contributed by atoms with E-state index in [1.54, 1.807) is 16.2 Å². The van der Waals surface area contributed by atoms with Crippen molar-refractivity contribution in [2.45, 2.75) is 32.1 Å². The summed E-state index contributed by atoms with van der Waals surface area (Å²) in [6, 6.07) is 4.00. The zero-order valence-electron chi connectivity index (χ0n) is 13.7. The van der Waals surface area contributed by atoms with Crippen molar-refractivity contribution in [2.75, 3.05) is 19.6 Å². The molecule has 3 heterocycles. The first-order chi connectivity index (χ1) is 11.6. The van der Waals surface area contributed by atoms with Crippen molar-refractivity contribution >= 4 is 51.6 Å². The fourth-order valence-electron chi connectivity index (χ4n) is 2.98. The number of nitrogens with zero attached hydrogens (tertiary/aromatic N) is 2. The molecule has 0 bridgehead atoms. The Morgan fingerprint density at radius 2 is 2.04 bits per heavy atom. The Labute approximate surface area is 157 Å². The van der Waals surface area contributed by atoms with Crippen molar-refractivity contribution in [1.82, 2.24) is 9.80 Å². The first kappa shape index (κ1) is 17.7. The second-order valence-corrected chi connectivity index (χ2v) is 8.72. The van der Waals surface area contributed by atoms with E-state index in [0.29, 0.717) is 10.9 Å². The Hall–Kier alpha value is -1.11. The molecule has 2 fully saturated rings. The van der Waals surface area contributed by atoms with Gasteiger partial charge in [-0.05, 0) is 30.4 Å². The van der Waals surface area contributed by atoms with Crippen LogP contribution in [0.4, 0.5) is 0 Å². The number of hydrogen-bond acceptors (Lipinski definition) is 5. The second-order valence-electron chi connectivity index (χ2n) is 6.07. The van der Waals surface area contributed by atoms with Crippen molar-refractivity contribution in [3.63, 3.8) is 0 Å². The number of thiocarbonyl (C=S) groups is 1. The molecule has 3 nitrogen and oxygen atoms in total. The number of likely N-dealkylation sites (tertiary alicyclic amines) is 1. The van der Waals surface area contributed by atoms with Gasteiger partial charge in [-0.1, -0.05) is 49.5 Å². The van der Waals surface area contributed by atoms with Gasteiger partial charge in [-0.3, -0.25) is 9.69 Å². The molecule has 0 N–H and O–H groups in total. The van der Waals surface area contributed by atoms with Gasteiger partial charge in [0.25, 0.3) is 5.91 Å². The van der Waals surface area contributed by atoms with Gasteiger partial charge in [-0.25, -0.2) is 0 Å². The molecule has 0 atom stereocenters. The van der Waals surface area contributed by atoms with Crippen LogP contribution in [0.5, 0.6) is 0 Å². The minimum Gasteiger partial charge on any atom is -0.375 e. The second kappa shape index (κ2) is 8.32. The largest absolute Gasteiger partial charge is 0.375 e. The molecule has 2 aliphatic rings. The number of carbonyl (C=O) groups excluding carboxylic acids is 1. The summed E-state index contributed by atoms with van der Waals surface area (Å²) in [6.45, 7) is 7.05. The maximum Gasteiger partial charge on any atom is 0.266 e. The Balaban J connectivity index is 1.58. The van der Waals surface area contributed by atoms with Crippen LogP contribution in [0.3, 0.4) is 0 Å². The molecule has 128 valence electrons. The number of thioether (sulfide) groups is 1. The fraction of sp³-hybridized carbons (Fsp3) is 0.444. The lowest BCUT2D eigenvalue weighted by atomic mass is 10.2. The molecule has 0 aliphatic carbocycles. The lowest BCUT2D eigenvalue weighted by molar-refractivity contribution is -0.122. The summed E-state index contributed by atoms with van der Waals surface area (Å²) in [5, 5.41) is 2.01. The minimum absolute atomic E-state index is 0.0297. The van der Waals surface area contributed by atoms with Gasteiger partial charge < -0.3 is 4.90 Å². The standard InChI is InChI=1S/C18H22N2OS3/c1-14(19-9-4-2-3-5-10-19)8-11-20-17(21)16(24-18(20)22)13-15-7-6-12-23-15/h6-7,12-13H,1-5,8-11H2/b16-13+. The van der Waals surface area contributed by atoms with E-state index in [-0.39, 0.29) is 5.91 Å². The SMILES string of the molecule is C=C(CCN1C(=O)/C(=C\c2cccs2)SC1=S)N1CCCCCC1. The van der Waals surface area contributed by atoms with Gasteiger partial charge in [-0.2, -0.15) is 0 Å². The average Bonchev–Trinajstić information content (AvgIpc) is 3.05. The normalized spacial score (nSPS) is 20.8. The first-order valence-electron chi connectivity index (χ1n) is 8.37. The van der Waals surface area contributed by atoms with Crippen molar-refractivity contribution < 1.29 is 4.79 Å². The summed E-state index contributed by atoms with van der Waals surface area (Å²) in [4.78, 5) is 18.5. The highest BCUT2D eigenvalue weighted by Gasteiger charge is 2.32. The number of amides is 1. The van der Waals surface area contributed by atoms with E-state index in [2.05, 4.69) is 11.5 Å². The molecule has 1 amide bonds. The van der Waals surface area contributed by atoms with Crippen LogP contribution in [0.15, 0.2) is 34.7 Å². The summed E-state index contributed by atoms with van der Waals surface area (Å²) >= 11 is 8.44. The minimum atomic E-state index is 0.0297. The zero-order chi connectivity index (χ0) is 16.9. The summed E-state index contributed by atoms with van der Waals surface area (Å²) in [7, 11) is 0. The smallest absolute Gasteiger partial charge is 0.266 e. The van der Waals surface area contributed by atoms with Crippen LogP contribution in [-0.4, -0.2) is 39.7 Å². The van der Waals surface area contributed by atoms with Gasteiger partial charge >= 0.3 is 0 Å². The first-order valence-corrected chi connectivity index (χ1v) is 10.5. The highest BCUT2D eigenvalue weighted by molar-refractivity contribution is 8.26. The summed E-state index contributed by atoms with van der Waals surface area (Å²) in [5.41, 5.74) is 1.13. The van der Waals surface area contributed by atoms with Gasteiger partial charge in [0.1, 0.15) is 4.32 Å². The lowest BCUT2D eigenvalue weighted by Crippen LogP contribution is -2.31. The lowest BCUT2D eigenvalue weighted by Gasteiger charge is -2.26. The van der Waals surface area contributed by atoms with Crippen molar-refractivity contribution in [3.8, 4) is 0 Å². The third-order valence-electron chi connectivity index (χ3n) is 4.37. The monoisotopic (exact) mass is 378 g/mol. The van der Waals surface area contributed by atoms with E-state index in [1.165, 1.54) is 37.4 Å². The Kier molecular flexibility index (Phi) is 6.14. The predicted molar refractivity (Wildman–Crippen MR) is 108 cm³/mol. The van der Waals surface area contributed by atoms with Crippen LogP contribution in [0.2, 0.25) is 0 Å². The van der Waals surface area contributed by atoms with Crippen molar-refractivity contribution in [2.24, 2.45) is 0 Å². The van der Waals surface area contributed by atoms with Gasteiger partial charge in [0.05, 0.1) is 4.91 Å². The maximum atomic E-state index is 12.6. The summed E-state index contributed by atoms with van der Waals surface area (Å²) in [6.07, 6.45) is 7.83. The number of carbonyl (C=O) groups is 1. The van der Waals surface area contributed by atoms with E-state index in [1.807, 2.05) is 23.6 Å². The molecule has 0 spiro atoms. The highest BCUT2D eigenvalue weighted by Crippen LogP contribution is 2.33. The Morgan fingerprint density at radius 3 is 2.71 bits per heavy atom. The topological polar surface area (TPSA) is 23.6 Å². The van der Waals surface area contributed by atoms with Gasteiger partial charge in [-0.15, -0.1) is 11.3 Å². The molecule has 0 aromatic carbocycles. The molecular formula is C18H22N2OS3. The van der Waals surface area contributed by atoms with Crippen LogP contribution in [0.1, 0.15) is 37.0 Å². The molecule has 2 saturated heterocycles. The molecule has 0 unspecified atom stereocenters. The Morgan fingerprint density at radius 1 is 1.29 bits per heavy atom. The molecule has 6 heteroatoms. The number of rotatable bonds is 5. The van der Waals surface area contributed by atoms with Crippen molar-refractivity contribution in [1.29, 1.82) is 0 Å². The van der Waals surface area contributed by atoms with Crippen LogP contribution in [0, 0.1) is 0 Å².